The summed E-state index contributed by atoms with van der Waals surface area (Å²) in [6.45, 7) is 1.90. The summed E-state index contributed by atoms with van der Waals surface area (Å²) >= 11 is 8.42. The maximum atomic E-state index is 6.21. The fourth-order valence-electron chi connectivity index (χ4n) is 2.21. The Morgan fingerprint density at radius 1 is 1.19 bits per heavy atom. The van der Waals surface area contributed by atoms with E-state index in [4.69, 9.17) is 17.3 Å². The summed E-state index contributed by atoms with van der Waals surface area (Å²) in [5, 5.41) is 3.71. The molecule has 0 aliphatic carbocycles. The summed E-state index contributed by atoms with van der Waals surface area (Å²) in [5.74, 6) is 1.23. The van der Waals surface area contributed by atoms with E-state index in [1.807, 2.05) is 18.2 Å². The van der Waals surface area contributed by atoms with Crippen molar-refractivity contribution in [1.82, 2.24) is 15.0 Å². The van der Waals surface area contributed by atoms with Crippen molar-refractivity contribution in [2.24, 2.45) is 0 Å². The van der Waals surface area contributed by atoms with Gasteiger partial charge in [0.2, 0.25) is 17.8 Å². The summed E-state index contributed by atoms with van der Waals surface area (Å²) < 4.78 is 1.07. The third-order valence-electron chi connectivity index (χ3n) is 3.21. The predicted octanol–water partition coefficient (Wildman–Crippen LogP) is 3.06. The van der Waals surface area contributed by atoms with Crippen LogP contribution in [0.3, 0.4) is 0 Å². The SMILES string of the molecule is Nc1nc(Nc2ccc(I)cc2Cl)nc(N2CCCC2)n1. The number of nitrogens with two attached hydrogens (primary N) is 1. The van der Waals surface area contributed by atoms with Crippen molar-refractivity contribution in [2.75, 3.05) is 29.0 Å². The van der Waals surface area contributed by atoms with Gasteiger partial charge >= 0.3 is 0 Å². The Hall–Kier alpha value is -1.35. The predicted molar refractivity (Wildman–Crippen MR) is 93.1 cm³/mol. The quantitative estimate of drug-likeness (QED) is 0.749. The monoisotopic (exact) mass is 416 g/mol. The van der Waals surface area contributed by atoms with E-state index in [0.29, 0.717) is 16.9 Å². The van der Waals surface area contributed by atoms with Gasteiger partial charge in [0, 0.05) is 16.7 Å². The zero-order chi connectivity index (χ0) is 14.8. The van der Waals surface area contributed by atoms with Gasteiger partial charge in [-0.15, -0.1) is 0 Å². The molecule has 1 fully saturated rings. The third-order valence-corrected chi connectivity index (χ3v) is 4.19. The van der Waals surface area contributed by atoms with E-state index in [1.54, 1.807) is 0 Å². The Kier molecular flexibility index (Phi) is 4.29. The minimum absolute atomic E-state index is 0.205. The van der Waals surface area contributed by atoms with Crippen molar-refractivity contribution in [1.29, 1.82) is 0 Å². The molecule has 1 aliphatic heterocycles. The van der Waals surface area contributed by atoms with Gasteiger partial charge in [0.05, 0.1) is 10.7 Å². The van der Waals surface area contributed by atoms with E-state index in [2.05, 4.69) is 47.8 Å². The molecule has 0 unspecified atom stereocenters. The molecule has 2 heterocycles. The van der Waals surface area contributed by atoms with Crippen molar-refractivity contribution in [2.45, 2.75) is 12.8 Å². The van der Waals surface area contributed by atoms with Gasteiger partial charge in [-0.3, -0.25) is 0 Å². The number of halogens is 2. The molecule has 3 N–H and O–H groups in total. The standard InChI is InChI=1S/C13H14ClIN6/c14-9-7-8(15)3-4-10(9)17-12-18-11(16)19-13(20-12)21-5-1-2-6-21/h3-4,7H,1-2,5-6H2,(H3,16,17,18,19,20). The number of nitrogens with one attached hydrogen (secondary N) is 1. The fraction of sp³-hybridized carbons (Fsp3) is 0.308. The Bertz CT molecular complexity index is 659. The first-order valence-corrected chi connectivity index (χ1v) is 8.06. The number of anilines is 4. The molecule has 0 saturated carbocycles. The van der Waals surface area contributed by atoms with Crippen LogP contribution in [0.2, 0.25) is 5.02 Å². The largest absolute Gasteiger partial charge is 0.368 e. The van der Waals surface area contributed by atoms with Gasteiger partial charge in [0.1, 0.15) is 0 Å². The maximum Gasteiger partial charge on any atom is 0.233 e. The number of nitrogen functional groups attached to an aromatic ring is 1. The highest BCUT2D eigenvalue weighted by atomic mass is 127. The zero-order valence-corrected chi connectivity index (χ0v) is 14.1. The Morgan fingerprint density at radius 2 is 1.95 bits per heavy atom. The molecule has 1 saturated heterocycles. The fourth-order valence-corrected chi connectivity index (χ4v) is 3.11. The first-order chi connectivity index (χ1) is 10.1. The number of hydrogen-bond donors (Lipinski definition) is 2. The van der Waals surface area contributed by atoms with Crippen molar-refractivity contribution < 1.29 is 0 Å². The lowest BCUT2D eigenvalue weighted by molar-refractivity contribution is 0.887. The molecule has 1 aromatic heterocycles. The molecule has 1 aromatic carbocycles. The lowest BCUT2D eigenvalue weighted by atomic mass is 10.3. The molecule has 0 bridgehead atoms. The van der Waals surface area contributed by atoms with Crippen molar-refractivity contribution in [3.05, 3.63) is 26.8 Å². The molecule has 0 atom stereocenters. The van der Waals surface area contributed by atoms with Crippen molar-refractivity contribution in [3.63, 3.8) is 0 Å². The lowest BCUT2D eigenvalue weighted by Crippen LogP contribution is -2.22. The molecule has 0 spiro atoms. The van der Waals surface area contributed by atoms with Crippen LogP contribution in [0.25, 0.3) is 0 Å². The number of aromatic nitrogens is 3. The number of benzene rings is 1. The van der Waals surface area contributed by atoms with E-state index in [0.717, 1.165) is 35.2 Å². The first-order valence-electron chi connectivity index (χ1n) is 6.60. The van der Waals surface area contributed by atoms with Gasteiger partial charge in [-0.05, 0) is 53.6 Å². The first kappa shape index (κ1) is 14.6. The summed E-state index contributed by atoms with van der Waals surface area (Å²) in [6, 6.07) is 5.72. The van der Waals surface area contributed by atoms with E-state index < -0.39 is 0 Å². The summed E-state index contributed by atoms with van der Waals surface area (Å²) in [7, 11) is 0. The lowest BCUT2D eigenvalue weighted by Gasteiger charge is -2.16. The number of hydrogen-bond acceptors (Lipinski definition) is 6. The molecule has 0 amide bonds. The highest BCUT2D eigenvalue weighted by Crippen LogP contribution is 2.27. The van der Waals surface area contributed by atoms with E-state index in [1.165, 1.54) is 0 Å². The average molecular weight is 417 g/mol. The van der Waals surface area contributed by atoms with Gasteiger partial charge in [0.15, 0.2) is 0 Å². The van der Waals surface area contributed by atoms with Crippen LogP contribution >= 0.6 is 34.2 Å². The molecule has 8 heteroatoms. The highest BCUT2D eigenvalue weighted by molar-refractivity contribution is 14.1. The maximum absolute atomic E-state index is 6.21. The molecule has 2 aromatic rings. The van der Waals surface area contributed by atoms with Crippen LogP contribution in [0, 0.1) is 3.57 Å². The van der Waals surface area contributed by atoms with Crippen LogP contribution in [0.5, 0.6) is 0 Å². The molecular formula is C13H14ClIN6. The molecule has 0 radical (unpaired) electrons. The topological polar surface area (TPSA) is 80.0 Å². The summed E-state index contributed by atoms with van der Waals surface area (Å²) in [5.41, 5.74) is 6.53. The molecule has 110 valence electrons. The molecule has 21 heavy (non-hydrogen) atoms. The molecule has 6 nitrogen and oxygen atoms in total. The molecule has 1 aliphatic rings. The highest BCUT2D eigenvalue weighted by Gasteiger charge is 2.17. The second-order valence-corrected chi connectivity index (χ2v) is 6.41. The van der Waals surface area contributed by atoms with E-state index in [-0.39, 0.29) is 5.95 Å². The van der Waals surface area contributed by atoms with Crippen LogP contribution < -0.4 is 16.0 Å². The minimum atomic E-state index is 0.205. The van der Waals surface area contributed by atoms with Gasteiger partial charge < -0.3 is 16.0 Å². The second kappa shape index (κ2) is 6.18. The third kappa shape index (κ3) is 3.46. The van der Waals surface area contributed by atoms with Crippen LogP contribution in [0.4, 0.5) is 23.5 Å². The minimum Gasteiger partial charge on any atom is -0.368 e. The molecule has 3 rings (SSSR count). The van der Waals surface area contributed by atoms with Gasteiger partial charge in [-0.1, -0.05) is 11.6 Å². The Labute approximate surface area is 141 Å². The van der Waals surface area contributed by atoms with E-state index in [9.17, 15) is 0 Å². The van der Waals surface area contributed by atoms with E-state index >= 15 is 0 Å². The number of nitrogens with zero attached hydrogens (tertiary/aromatic N) is 4. The smallest absolute Gasteiger partial charge is 0.233 e. The normalized spacial score (nSPS) is 14.5. The summed E-state index contributed by atoms with van der Waals surface area (Å²) in [6.07, 6.45) is 2.30. The second-order valence-electron chi connectivity index (χ2n) is 4.76. The molecular weight excluding hydrogens is 403 g/mol. The average Bonchev–Trinajstić information content (AvgIpc) is 2.95. The van der Waals surface area contributed by atoms with Crippen LogP contribution in [-0.4, -0.2) is 28.0 Å². The Morgan fingerprint density at radius 3 is 2.67 bits per heavy atom. The zero-order valence-electron chi connectivity index (χ0n) is 11.2. The number of rotatable bonds is 3. The van der Waals surface area contributed by atoms with Crippen molar-refractivity contribution in [3.8, 4) is 0 Å². The van der Waals surface area contributed by atoms with Gasteiger partial charge in [-0.25, -0.2) is 0 Å². The van der Waals surface area contributed by atoms with Crippen molar-refractivity contribution >= 4 is 57.7 Å². The van der Waals surface area contributed by atoms with Gasteiger partial charge in [-0.2, -0.15) is 15.0 Å². The summed E-state index contributed by atoms with van der Waals surface area (Å²) in [4.78, 5) is 14.9. The van der Waals surface area contributed by atoms with Crippen LogP contribution in [0.1, 0.15) is 12.8 Å². The van der Waals surface area contributed by atoms with Crippen LogP contribution in [0.15, 0.2) is 18.2 Å². The Balaban J connectivity index is 1.87. The van der Waals surface area contributed by atoms with Crippen LogP contribution in [-0.2, 0) is 0 Å². The van der Waals surface area contributed by atoms with Gasteiger partial charge in [0.25, 0.3) is 0 Å².